The number of carbonyl (C=O) groups excluding carboxylic acids is 1. The van der Waals surface area contributed by atoms with E-state index < -0.39 is 17.9 Å². The maximum Gasteiger partial charge on any atom is 0.339 e. The topological polar surface area (TPSA) is 96.5 Å². The van der Waals surface area contributed by atoms with Crippen LogP contribution in [0.3, 0.4) is 0 Å². The number of carbonyl (C=O) groups is 2. The first kappa shape index (κ1) is 13.4. The molecule has 0 radical (unpaired) electrons. The molecule has 1 aromatic carbocycles. The molecule has 0 bridgehead atoms. The lowest BCUT2D eigenvalue weighted by Crippen LogP contribution is -2.41. The van der Waals surface area contributed by atoms with Crippen LogP contribution < -0.4 is 10.6 Å². The number of pyridine rings is 1. The molecule has 1 aromatic heterocycles. The molecule has 6 heteroatoms. The van der Waals surface area contributed by atoms with E-state index in [2.05, 4.69) is 4.98 Å². The van der Waals surface area contributed by atoms with Gasteiger partial charge in [0.05, 0.1) is 5.52 Å². The van der Waals surface area contributed by atoms with E-state index in [1.165, 1.54) is 0 Å². The van der Waals surface area contributed by atoms with Gasteiger partial charge in [-0.2, -0.15) is 0 Å². The average Bonchev–Trinajstić information content (AvgIpc) is 2.95. The third-order valence-electron chi connectivity index (χ3n) is 3.79. The quantitative estimate of drug-likeness (QED) is 0.888. The molecular formula is C15H15N3O3. The minimum absolute atomic E-state index is 0.0989. The van der Waals surface area contributed by atoms with Crippen molar-refractivity contribution >= 4 is 28.6 Å². The Morgan fingerprint density at radius 1 is 1.33 bits per heavy atom. The predicted molar refractivity (Wildman–Crippen MR) is 78.3 cm³/mol. The summed E-state index contributed by atoms with van der Waals surface area (Å²) in [5.41, 5.74) is 6.21. The summed E-state index contributed by atoms with van der Waals surface area (Å²) < 4.78 is 0. The SMILES string of the molecule is NC(=O)C1CCCN1c1nc2ccccc2cc1C(=O)O. The standard InChI is InChI=1S/C15H15N3O3/c16-13(19)12-6-3-7-18(12)14-10(15(20)21)8-9-4-1-2-5-11(9)17-14/h1-2,4-5,8,12H,3,6-7H2,(H2,16,19)(H,20,21). The number of fused-ring (bicyclic) bond motifs is 1. The molecule has 2 heterocycles. The smallest absolute Gasteiger partial charge is 0.339 e. The Morgan fingerprint density at radius 3 is 2.81 bits per heavy atom. The van der Waals surface area contributed by atoms with E-state index in [9.17, 15) is 14.7 Å². The minimum Gasteiger partial charge on any atom is -0.478 e. The summed E-state index contributed by atoms with van der Waals surface area (Å²) in [6.07, 6.45) is 1.42. The number of hydrogen-bond acceptors (Lipinski definition) is 4. The second kappa shape index (κ2) is 5.05. The molecular weight excluding hydrogens is 270 g/mol. The van der Waals surface area contributed by atoms with Crippen LogP contribution in [0.1, 0.15) is 23.2 Å². The van der Waals surface area contributed by atoms with Crippen molar-refractivity contribution in [2.24, 2.45) is 5.73 Å². The van der Waals surface area contributed by atoms with Gasteiger partial charge in [-0.3, -0.25) is 4.79 Å². The molecule has 1 aliphatic heterocycles. The Labute approximate surface area is 121 Å². The van der Waals surface area contributed by atoms with Crippen LogP contribution in [0.15, 0.2) is 30.3 Å². The number of carboxylic acids is 1. The van der Waals surface area contributed by atoms with Crippen molar-refractivity contribution in [2.75, 3.05) is 11.4 Å². The summed E-state index contributed by atoms with van der Waals surface area (Å²) in [6.45, 7) is 0.583. The highest BCUT2D eigenvalue weighted by Gasteiger charge is 2.32. The van der Waals surface area contributed by atoms with Crippen molar-refractivity contribution in [2.45, 2.75) is 18.9 Å². The molecule has 3 rings (SSSR count). The molecule has 0 saturated carbocycles. The van der Waals surface area contributed by atoms with Gasteiger partial charge in [-0.1, -0.05) is 18.2 Å². The van der Waals surface area contributed by atoms with Crippen molar-refractivity contribution in [1.29, 1.82) is 0 Å². The van der Waals surface area contributed by atoms with Crippen molar-refractivity contribution in [3.63, 3.8) is 0 Å². The molecule has 21 heavy (non-hydrogen) atoms. The fourth-order valence-electron chi connectivity index (χ4n) is 2.80. The van der Waals surface area contributed by atoms with Crippen LogP contribution in [-0.4, -0.2) is 34.6 Å². The van der Waals surface area contributed by atoms with Gasteiger partial charge in [0.2, 0.25) is 5.91 Å². The number of aromatic nitrogens is 1. The van der Waals surface area contributed by atoms with Gasteiger partial charge in [0, 0.05) is 11.9 Å². The molecule has 1 fully saturated rings. The zero-order chi connectivity index (χ0) is 15.0. The second-order valence-corrected chi connectivity index (χ2v) is 5.11. The molecule has 0 spiro atoms. The van der Waals surface area contributed by atoms with E-state index in [0.717, 1.165) is 11.8 Å². The van der Waals surface area contributed by atoms with E-state index in [0.29, 0.717) is 24.3 Å². The molecule has 1 aliphatic rings. The number of aromatic carboxylic acids is 1. The van der Waals surface area contributed by atoms with Crippen molar-refractivity contribution in [3.8, 4) is 0 Å². The number of anilines is 1. The molecule has 1 saturated heterocycles. The van der Waals surface area contributed by atoms with Gasteiger partial charge in [0.1, 0.15) is 17.4 Å². The number of rotatable bonds is 3. The molecule has 1 atom stereocenters. The number of benzene rings is 1. The number of carboxylic acid groups (broad SMARTS) is 1. The van der Waals surface area contributed by atoms with Crippen LogP contribution in [0, 0.1) is 0 Å². The largest absolute Gasteiger partial charge is 0.478 e. The van der Waals surface area contributed by atoms with Crippen LogP contribution in [-0.2, 0) is 4.79 Å². The molecule has 3 N–H and O–H groups in total. The highest BCUT2D eigenvalue weighted by Crippen LogP contribution is 2.29. The first-order chi connectivity index (χ1) is 10.1. The van der Waals surface area contributed by atoms with Gasteiger partial charge in [-0.15, -0.1) is 0 Å². The Kier molecular flexibility index (Phi) is 3.21. The molecule has 0 aliphatic carbocycles. The first-order valence-electron chi connectivity index (χ1n) is 6.77. The zero-order valence-corrected chi connectivity index (χ0v) is 11.3. The summed E-state index contributed by atoms with van der Waals surface area (Å²) in [5.74, 6) is -1.18. The highest BCUT2D eigenvalue weighted by atomic mass is 16.4. The molecule has 6 nitrogen and oxygen atoms in total. The Bertz CT molecular complexity index is 729. The fraction of sp³-hybridized carbons (Fsp3) is 0.267. The summed E-state index contributed by atoms with van der Waals surface area (Å²) in [7, 11) is 0. The number of nitrogens with two attached hydrogens (primary N) is 1. The van der Waals surface area contributed by atoms with Gasteiger partial charge < -0.3 is 15.7 Å². The maximum absolute atomic E-state index is 11.5. The van der Waals surface area contributed by atoms with Crippen LogP contribution in [0.25, 0.3) is 10.9 Å². The van der Waals surface area contributed by atoms with Crippen molar-refractivity contribution in [3.05, 3.63) is 35.9 Å². The van der Waals surface area contributed by atoms with E-state index >= 15 is 0 Å². The highest BCUT2D eigenvalue weighted by molar-refractivity contribution is 5.99. The van der Waals surface area contributed by atoms with Crippen molar-refractivity contribution in [1.82, 2.24) is 4.98 Å². The number of amides is 1. The minimum atomic E-state index is -1.06. The molecule has 108 valence electrons. The van der Waals surface area contributed by atoms with Crippen LogP contribution in [0.4, 0.5) is 5.82 Å². The van der Waals surface area contributed by atoms with E-state index in [1.807, 2.05) is 24.3 Å². The fourth-order valence-corrected chi connectivity index (χ4v) is 2.80. The predicted octanol–water partition coefficient (Wildman–Crippen LogP) is 1.39. The van der Waals surface area contributed by atoms with Gasteiger partial charge in [-0.25, -0.2) is 9.78 Å². The second-order valence-electron chi connectivity index (χ2n) is 5.11. The summed E-state index contributed by atoms with van der Waals surface area (Å²) in [6, 6.07) is 8.41. The van der Waals surface area contributed by atoms with Gasteiger partial charge in [0.25, 0.3) is 0 Å². The zero-order valence-electron chi connectivity index (χ0n) is 11.3. The lowest BCUT2D eigenvalue weighted by atomic mass is 10.1. The Hall–Kier alpha value is -2.63. The summed E-state index contributed by atoms with van der Waals surface area (Å²) in [4.78, 5) is 29.2. The van der Waals surface area contributed by atoms with E-state index in [4.69, 9.17) is 5.73 Å². The summed E-state index contributed by atoms with van der Waals surface area (Å²) in [5, 5.41) is 10.2. The van der Waals surface area contributed by atoms with Gasteiger partial charge in [0.15, 0.2) is 0 Å². The first-order valence-corrected chi connectivity index (χ1v) is 6.77. The number of hydrogen-bond donors (Lipinski definition) is 2. The van der Waals surface area contributed by atoms with Crippen LogP contribution in [0.2, 0.25) is 0 Å². The lowest BCUT2D eigenvalue weighted by molar-refractivity contribution is -0.119. The third kappa shape index (κ3) is 2.29. The monoisotopic (exact) mass is 285 g/mol. The third-order valence-corrected chi connectivity index (χ3v) is 3.79. The van der Waals surface area contributed by atoms with E-state index in [1.54, 1.807) is 11.0 Å². The van der Waals surface area contributed by atoms with Crippen LogP contribution in [0.5, 0.6) is 0 Å². The molecule has 1 unspecified atom stereocenters. The van der Waals surface area contributed by atoms with Gasteiger partial charge in [-0.05, 0) is 25.0 Å². The Morgan fingerprint density at radius 2 is 2.10 bits per heavy atom. The average molecular weight is 285 g/mol. The molecule has 1 amide bonds. The molecule has 2 aromatic rings. The lowest BCUT2D eigenvalue weighted by Gasteiger charge is -2.25. The number of para-hydroxylation sites is 1. The van der Waals surface area contributed by atoms with Crippen molar-refractivity contribution < 1.29 is 14.7 Å². The number of primary amides is 1. The Balaban J connectivity index is 2.18. The van der Waals surface area contributed by atoms with Crippen LogP contribution >= 0.6 is 0 Å². The normalized spacial score (nSPS) is 18.1. The van der Waals surface area contributed by atoms with Gasteiger partial charge >= 0.3 is 5.97 Å². The summed E-state index contributed by atoms with van der Waals surface area (Å²) >= 11 is 0. The van der Waals surface area contributed by atoms with E-state index in [-0.39, 0.29) is 5.56 Å². The number of nitrogens with zero attached hydrogens (tertiary/aromatic N) is 2. The maximum atomic E-state index is 11.5.